The Morgan fingerprint density at radius 1 is 0.875 bits per heavy atom. The van der Waals surface area contributed by atoms with E-state index in [1.165, 1.54) is 0 Å². The quantitative estimate of drug-likeness (QED) is 0.893. The molecule has 0 aliphatic carbocycles. The summed E-state index contributed by atoms with van der Waals surface area (Å²) in [7, 11) is 0. The van der Waals surface area contributed by atoms with E-state index in [9.17, 15) is 14.4 Å². The molecule has 0 aromatic heterocycles. The molecule has 2 fully saturated rings. The molecule has 0 spiro atoms. The zero-order valence-electron chi connectivity index (χ0n) is 13.7. The highest BCUT2D eigenvalue weighted by molar-refractivity contribution is 5.94. The highest BCUT2D eigenvalue weighted by Crippen LogP contribution is 2.24. The molecule has 0 saturated carbocycles. The summed E-state index contributed by atoms with van der Waals surface area (Å²) in [6, 6.07) is 9.22. The van der Waals surface area contributed by atoms with Gasteiger partial charge < -0.3 is 15.5 Å². The smallest absolute Gasteiger partial charge is 0.253 e. The van der Waals surface area contributed by atoms with Crippen LogP contribution in [0.1, 0.15) is 29.6 Å². The van der Waals surface area contributed by atoms with E-state index in [0.29, 0.717) is 51.0 Å². The summed E-state index contributed by atoms with van der Waals surface area (Å²) in [5, 5.41) is 0. The average Bonchev–Trinajstić information content (AvgIpc) is 3.12. The number of nitrogens with two attached hydrogens (primary N) is 1. The molecule has 3 rings (SSSR count). The van der Waals surface area contributed by atoms with Gasteiger partial charge in [0.25, 0.3) is 5.91 Å². The van der Waals surface area contributed by atoms with Crippen molar-refractivity contribution in [1.82, 2.24) is 9.80 Å². The van der Waals surface area contributed by atoms with Gasteiger partial charge in [-0.3, -0.25) is 14.4 Å². The Morgan fingerprint density at radius 2 is 1.46 bits per heavy atom. The van der Waals surface area contributed by atoms with Crippen LogP contribution in [0.25, 0.3) is 0 Å². The van der Waals surface area contributed by atoms with Gasteiger partial charge in [-0.15, -0.1) is 0 Å². The van der Waals surface area contributed by atoms with Gasteiger partial charge in [-0.2, -0.15) is 0 Å². The number of piperidine rings is 1. The Kier molecular flexibility index (Phi) is 4.83. The first-order valence-electron chi connectivity index (χ1n) is 8.48. The average molecular weight is 329 g/mol. The van der Waals surface area contributed by atoms with Crippen LogP contribution in [0.3, 0.4) is 0 Å². The van der Waals surface area contributed by atoms with E-state index >= 15 is 0 Å². The van der Waals surface area contributed by atoms with E-state index < -0.39 is 0 Å². The second kappa shape index (κ2) is 7.03. The SMILES string of the molecule is NC(=O)C1CCN(C(=O)C2CCN(C(=O)c3ccccc3)CC2)C1. The van der Waals surface area contributed by atoms with Crippen LogP contribution in [-0.2, 0) is 9.59 Å². The van der Waals surface area contributed by atoms with Crippen LogP contribution in [0.5, 0.6) is 0 Å². The van der Waals surface area contributed by atoms with E-state index in [1.54, 1.807) is 4.90 Å². The van der Waals surface area contributed by atoms with Gasteiger partial charge in [-0.1, -0.05) is 18.2 Å². The second-order valence-corrected chi connectivity index (χ2v) is 6.60. The largest absolute Gasteiger partial charge is 0.369 e. The van der Waals surface area contributed by atoms with E-state index in [1.807, 2.05) is 35.2 Å². The fourth-order valence-corrected chi connectivity index (χ4v) is 3.54. The van der Waals surface area contributed by atoms with Crippen LogP contribution >= 0.6 is 0 Å². The normalized spacial score (nSPS) is 21.8. The summed E-state index contributed by atoms with van der Waals surface area (Å²) in [6.45, 7) is 2.24. The Morgan fingerprint density at radius 3 is 2.04 bits per heavy atom. The lowest BCUT2D eigenvalue weighted by molar-refractivity contribution is -0.136. The zero-order chi connectivity index (χ0) is 17.1. The molecule has 1 aromatic carbocycles. The first kappa shape index (κ1) is 16.5. The number of hydrogen-bond donors (Lipinski definition) is 1. The zero-order valence-corrected chi connectivity index (χ0v) is 13.7. The van der Waals surface area contributed by atoms with Crippen molar-refractivity contribution in [1.29, 1.82) is 0 Å². The van der Waals surface area contributed by atoms with E-state index in [0.717, 1.165) is 0 Å². The fourth-order valence-electron chi connectivity index (χ4n) is 3.54. The lowest BCUT2D eigenvalue weighted by Gasteiger charge is -2.33. The lowest BCUT2D eigenvalue weighted by Crippen LogP contribution is -2.44. The molecule has 1 atom stereocenters. The van der Waals surface area contributed by atoms with Crippen molar-refractivity contribution in [2.75, 3.05) is 26.2 Å². The number of nitrogens with zero attached hydrogens (tertiary/aromatic N) is 2. The number of carbonyl (C=O) groups is 3. The lowest BCUT2D eigenvalue weighted by atomic mass is 9.95. The number of likely N-dealkylation sites (tertiary alicyclic amines) is 2. The molecular weight excluding hydrogens is 306 g/mol. The molecule has 2 N–H and O–H groups in total. The molecule has 128 valence electrons. The van der Waals surface area contributed by atoms with Crippen LogP contribution in [0.15, 0.2) is 30.3 Å². The van der Waals surface area contributed by atoms with Gasteiger partial charge in [0.2, 0.25) is 11.8 Å². The van der Waals surface area contributed by atoms with Crippen LogP contribution in [-0.4, -0.2) is 53.7 Å². The Hall–Kier alpha value is -2.37. The van der Waals surface area contributed by atoms with E-state index in [2.05, 4.69) is 0 Å². The molecule has 3 amide bonds. The maximum atomic E-state index is 12.6. The van der Waals surface area contributed by atoms with Crippen LogP contribution in [0, 0.1) is 11.8 Å². The van der Waals surface area contributed by atoms with E-state index in [-0.39, 0.29) is 29.6 Å². The van der Waals surface area contributed by atoms with Crippen molar-refractivity contribution in [2.24, 2.45) is 17.6 Å². The number of amides is 3. The topological polar surface area (TPSA) is 83.7 Å². The van der Waals surface area contributed by atoms with Gasteiger partial charge in [0, 0.05) is 37.7 Å². The molecule has 2 aliphatic heterocycles. The van der Waals surface area contributed by atoms with Crippen LogP contribution in [0.4, 0.5) is 0 Å². The number of carbonyl (C=O) groups excluding carboxylic acids is 3. The third-order valence-corrected chi connectivity index (χ3v) is 5.05. The van der Waals surface area contributed by atoms with Crippen LogP contribution in [0.2, 0.25) is 0 Å². The van der Waals surface area contributed by atoms with Crippen molar-refractivity contribution in [3.8, 4) is 0 Å². The standard InChI is InChI=1S/C18H23N3O3/c19-16(22)15-8-11-21(12-15)18(24)14-6-9-20(10-7-14)17(23)13-4-2-1-3-5-13/h1-5,14-15H,6-12H2,(H2,19,22). The Labute approximate surface area is 141 Å². The van der Waals surface area contributed by atoms with Gasteiger partial charge in [0.1, 0.15) is 0 Å². The monoisotopic (exact) mass is 329 g/mol. The Bertz CT molecular complexity index is 624. The minimum absolute atomic E-state index is 0.0245. The first-order chi connectivity index (χ1) is 11.6. The number of hydrogen-bond acceptors (Lipinski definition) is 3. The minimum atomic E-state index is -0.325. The van der Waals surface area contributed by atoms with Crippen molar-refractivity contribution >= 4 is 17.7 Å². The number of rotatable bonds is 3. The number of benzene rings is 1. The number of primary amides is 1. The van der Waals surface area contributed by atoms with Crippen molar-refractivity contribution < 1.29 is 14.4 Å². The third-order valence-electron chi connectivity index (χ3n) is 5.05. The maximum absolute atomic E-state index is 12.6. The molecule has 2 aliphatic rings. The summed E-state index contributed by atoms with van der Waals surface area (Å²) < 4.78 is 0. The first-order valence-corrected chi connectivity index (χ1v) is 8.48. The van der Waals surface area contributed by atoms with Crippen molar-refractivity contribution in [3.63, 3.8) is 0 Å². The molecule has 0 radical (unpaired) electrons. The summed E-state index contributed by atoms with van der Waals surface area (Å²) in [4.78, 5) is 39.8. The molecule has 24 heavy (non-hydrogen) atoms. The molecular formula is C18H23N3O3. The van der Waals surface area contributed by atoms with Crippen LogP contribution < -0.4 is 5.73 Å². The highest BCUT2D eigenvalue weighted by atomic mass is 16.2. The fraction of sp³-hybridized carbons (Fsp3) is 0.500. The third kappa shape index (κ3) is 3.42. The molecule has 6 heteroatoms. The summed E-state index contributed by atoms with van der Waals surface area (Å²) in [5.41, 5.74) is 6.01. The molecule has 1 unspecified atom stereocenters. The molecule has 2 saturated heterocycles. The van der Waals surface area contributed by atoms with Gasteiger partial charge in [0.05, 0.1) is 5.92 Å². The Balaban J connectivity index is 1.53. The summed E-state index contributed by atoms with van der Waals surface area (Å²) >= 11 is 0. The molecule has 6 nitrogen and oxygen atoms in total. The minimum Gasteiger partial charge on any atom is -0.369 e. The maximum Gasteiger partial charge on any atom is 0.253 e. The van der Waals surface area contributed by atoms with Gasteiger partial charge in [-0.05, 0) is 31.4 Å². The molecule has 0 bridgehead atoms. The predicted octanol–water partition coefficient (Wildman–Crippen LogP) is 0.873. The van der Waals surface area contributed by atoms with E-state index in [4.69, 9.17) is 5.73 Å². The van der Waals surface area contributed by atoms with Gasteiger partial charge in [-0.25, -0.2) is 0 Å². The van der Waals surface area contributed by atoms with Crippen molar-refractivity contribution in [3.05, 3.63) is 35.9 Å². The molecule has 1 aromatic rings. The van der Waals surface area contributed by atoms with Gasteiger partial charge in [0.15, 0.2) is 0 Å². The summed E-state index contributed by atoms with van der Waals surface area (Å²) in [5.74, 6) is -0.472. The predicted molar refractivity (Wildman–Crippen MR) is 89.0 cm³/mol. The molecule has 2 heterocycles. The second-order valence-electron chi connectivity index (χ2n) is 6.60. The van der Waals surface area contributed by atoms with Gasteiger partial charge >= 0.3 is 0 Å². The van der Waals surface area contributed by atoms with Crippen molar-refractivity contribution in [2.45, 2.75) is 19.3 Å². The highest BCUT2D eigenvalue weighted by Gasteiger charge is 2.35. The summed E-state index contributed by atoms with van der Waals surface area (Å²) in [6.07, 6.45) is 2.01.